The molecule has 2 aromatic carbocycles. The minimum absolute atomic E-state index is 0.0304. The summed E-state index contributed by atoms with van der Waals surface area (Å²) in [5.74, 6) is 0.449. The summed E-state index contributed by atoms with van der Waals surface area (Å²) in [7, 11) is 0. The van der Waals surface area contributed by atoms with Crippen LogP contribution in [-0.2, 0) is 11.3 Å². The number of benzene rings is 2. The van der Waals surface area contributed by atoms with Gasteiger partial charge >= 0.3 is 0 Å². The van der Waals surface area contributed by atoms with Crippen molar-refractivity contribution < 1.29 is 9.53 Å². The van der Waals surface area contributed by atoms with Crippen LogP contribution in [0.3, 0.4) is 0 Å². The maximum absolute atomic E-state index is 13.7. The van der Waals surface area contributed by atoms with Crippen LogP contribution >= 0.6 is 11.8 Å². The molecule has 37 heavy (non-hydrogen) atoms. The number of rotatable bonds is 8. The van der Waals surface area contributed by atoms with Crippen LogP contribution in [-0.4, -0.2) is 38.4 Å². The molecule has 0 saturated carbocycles. The maximum Gasteiger partial charge on any atom is 0.266 e. The molecule has 0 spiro atoms. The normalized spacial score (nSPS) is 15.6. The van der Waals surface area contributed by atoms with Crippen LogP contribution in [0.2, 0.25) is 0 Å². The Labute approximate surface area is 221 Å². The fourth-order valence-electron chi connectivity index (χ4n) is 5.17. The summed E-state index contributed by atoms with van der Waals surface area (Å²) in [6.07, 6.45) is 2.35. The SMILES string of the molecule is Cc1cc(C(=O)CSc2nc3ccccc3c(=O)n2-c2ccccc2C(C)C)c(C)n1C[C@@H]1CCCO1. The summed E-state index contributed by atoms with van der Waals surface area (Å²) >= 11 is 1.32. The number of hydrogen-bond acceptors (Lipinski definition) is 5. The van der Waals surface area contributed by atoms with Gasteiger partial charge in [-0.25, -0.2) is 4.98 Å². The zero-order chi connectivity index (χ0) is 26.1. The van der Waals surface area contributed by atoms with Gasteiger partial charge in [0.2, 0.25) is 0 Å². The molecule has 5 rings (SSSR count). The third kappa shape index (κ3) is 5.03. The number of nitrogens with zero attached hydrogens (tertiary/aromatic N) is 3. The number of Topliss-reactive ketones (excluding diaryl/α,β-unsaturated/α-hetero) is 1. The fourth-order valence-corrected chi connectivity index (χ4v) is 6.05. The summed E-state index contributed by atoms with van der Waals surface area (Å²) in [6.45, 7) is 9.85. The van der Waals surface area contributed by atoms with Gasteiger partial charge in [0, 0.05) is 30.1 Å². The van der Waals surface area contributed by atoms with Crippen molar-refractivity contribution in [3.05, 3.63) is 87.5 Å². The van der Waals surface area contributed by atoms with Gasteiger partial charge in [-0.15, -0.1) is 0 Å². The summed E-state index contributed by atoms with van der Waals surface area (Å²) in [5.41, 5.74) is 5.14. The van der Waals surface area contributed by atoms with E-state index in [0.717, 1.165) is 54.2 Å². The van der Waals surface area contributed by atoms with Crippen LogP contribution in [0.5, 0.6) is 0 Å². The number of carbonyl (C=O) groups is 1. The number of fused-ring (bicyclic) bond motifs is 1. The molecule has 0 radical (unpaired) electrons. The number of hydrogen-bond donors (Lipinski definition) is 0. The van der Waals surface area contributed by atoms with E-state index in [1.807, 2.05) is 68.4 Å². The molecule has 0 N–H and O–H groups in total. The highest BCUT2D eigenvalue weighted by atomic mass is 32.2. The third-order valence-electron chi connectivity index (χ3n) is 7.16. The van der Waals surface area contributed by atoms with Crippen LogP contribution in [0, 0.1) is 13.8 Å². The summed E-state index contributed by atoms with van der Waals surface area (Å²) in [4.78, 5) is 32.0. The van der Waals surface area contributed by atoms with E-state index >= 15 is 0 Å². The van der Waals surface area contributed by atoms with Gasteiger partial charge in [-0.1, -0.05) is 55.9 Å². The molecule has 192 valence electrons. The van der Waals surface area contributed by atoms with Crippen molar-refractivity contribution in [1.82, 2.24) is 14.1 Å². The maximum atomic E-state index is 13.7. The number of para-hydroxylation sites is 2. The second-order valence-corrected chi connectivity index (χ2v) is 11.0. The average Bonchev–Trinajstić information content (AvgIpc) is 3.51. The lowest BCUT2D eigenvalue weighted by Crippen LogP contribution is -2.23. The molecule has 1 aliphatic rings. The molecule has 1 atom stereocenters. The predicted molar refractivity (Wildman–Crippen MR) is 149 cm³/mol. The first kappa shape index (κ1) is 25.5. The number of ketones is 1. The highest BCUT2D eigenvalue weighted by molar-refractivity contribution is 7.99. The molecule has 3 heterocycles. The van der Waals surface area contributed by atoms with Gasteiger partial charge in [0.05, 0.1) is 28.4 Å². The number of ether oxygens (including phenoxy) is 1. The molecule has 0 unspecified atom stereocenters. The standard InChI is InChI=1S/C30H33N3O3S/c1-19(2)23-11-6-8-14-27(23)33-29(35)24-12-5-7-13-26(24)31-30(33)37-18-28(34)25-16-20(3)32(21(25)4)17-22-10-9-15-36-22/h5-8,11-14,16,19,22H,9-10,15,17-18H2,1-4H3/t22-/m0/s1. The van der Waals surface area contributed by atoms with Crippen molar-refractivity contribution in [2.45, 2.75) is 64.3 Å². The van der Waals surface area contributed by atoms with Crippen molar-refractivity contribution in [1.29, 1.82) is 0 Å². The number of carbonyl (C=O) groups excluding carboxylic acids is 1. The summed E-state index contributed by atoms with van der Waals surface area (Å²) in [6, 6.07) is 17.3. The van der Waals surface area contributed by atoms with Crippen LogP contribution in [0.1, 0.15) is 59.9 Å². The fraction of sp³-hybridized carbons (Fsp3) is 0.367. The molecule has 6 nitrogen and oxygen atoms in total. The van der Waals surface area contributed by atoms with Crippen LogP contribution in [0.4, 0.5) is 0 Å². The van der Waals surface area contributed by atoms with Gasteiger partial charge in [-0.3, -0.25) is 14.2 Å². The van der Waals surface area contributed by atoms with E-state index in [1.165, 1.54) is 11.8 Å². The Hall–Kier alpha value is -3.16. The van der Waals surface area contributed by atoms with Crippen molar-refractivity contribution in [2.24, 2.45) is 0 Å². The Morgan fingerprint density at radius 3 is 2.65 bits per heavy atom. The van der Waals surface area contributed by atoms with Crippen molar-refractivity contribution >= 4 is 28.4 Å². The van der Waals surface area contributed by atoms with Gasteiger partial charge in [0.15, 0.2) is 10.9 Å². The molecular weight excluding hydrogens is 482 g/mol. The molecule has 4 aromatic rings. The average molecular weight is 516 g/mol. The lowest BCUT2D eigenvalue weighted by molar-refractivity contribution is 0.0957. The van der Waals surface area contributed by atoms with Crippen LogP contribution in [0.25, 0.3) is 16.6 Å². The number of aromatic nitrogens is 3. The van der Waals surface area contributed by atoms with E-state index in [-0.39, 0.29) is 29.1 Å². The smallest absolute Gasteiger partial charge is 0.266 e. The molecule has 0 bridgehead atoms. The van der Waals surface area contributed by atoms with E-state index in [0.29, 0.717) is 16.1 Å². The first-order valence-electron chi connectivity index (χ1n) is 12.9. The third-order valence-corrected chi connectivity index (χ3v) is 8.10. The Bertz CT molecular complexity index is 1510. The molecule has 1 fully saturated rings. The van der Waals surface area contributed by atoms with Gasteiger partial charge in [-0.05, 0) is 62.4 Å². The van der Waals surface area contributed by atoms with E-state index in [9.17, 15) is 9.59 Å². The highest BCUT2D eigenvalue weighted by Gasteiger charge is 2.23. The molecule has 2 aromatic heterocycles. The van der Waals surface area contributed by atoms with Gasteiger partial charge in [0.25, 0.3) is 5.56 Å². The van der Waals surface area contributed by atoms with Gasteiger partial charge in [0.1, 0.15) is 0 Å². The predicted octanol–water partition coefficient (Wildman–Crippen LogP) is 6.08. The number of aryl methyl sites for hydroxylation is 1. The molecule has 0 amide bonds. The largest absolute Gasteiger partial charge is 0.376 e. The molecular formula is C30H33N3O3S. The lowest BCUT2D eigenvalue weighted by atomic mass is 10.0. The molecule has 1 aliphatic heterocycles. The quantitative estimate of drug-likeness (QED) is 0.162. The van der Waals surface area contributed by atoms with Crippen LogP contribution in [0.15, 0.2) is 64.5 Å². The van der Waals surface area contributed by atoms with Gasteiger partial charge in [-0.2, -0.15) is 0 Å². The highest BCUT2D eigenvalue weighted by Crippen LogP contribution is 2.28. The molecule has 7 heteroatoms. The zero-order valence-electron chi connectivity index (χ0n) is 21.9. The minimum atomic E-state index is -0.122. The molecule has 0 aliphatic carbocycles. The van der Waals surface area contributed by atoms with Gasteiger partial charge < -0.3 is 9.30 Å². The summed E-state index contributed by atoms with van der Waals surface area (Å²) in [5, 5.41) is 1.09. The topological polar surface area (TPSA) is 66.1 Å². The first-order chi connectivity index (χ1) is 17.8. The Morgan fingerprint density at radius 2 is 1.89 bits per heavy atom. The molecule has 1 saturated heterocycles. The van der Waals surface area contributed by atoms with E-state index < -0.39 is 0 Å². The zero-order valence-corrected chi connectivity index (χ0v) is 22.7. The van der Waals surface area contributed by atoms with Crippen molar-refractivity contribution in [2.75, 3.05) is 12.4 Å². The van der Waals surface area contributed by atoms with Crippen molar-refractivity contribution in [3.8, 4) is 5.69 Å². The first-order valence-corrected chi connectivity index (χ1v) is 13.9. The Morgan fingerprint density at radius 1 is 1.14 bits per heavy atom. The Balaban J connectivity index is 1.49. The summed E-state index contributed by atoms with van der Waals surface area (Å²) < 4.78 is 9.69. The monoisotopic (exact) mass is 515 g/mol. The van der Waals surface area contributed by atoms with E-state index in [1.54, 1.807) is 4.57 Å². The van der Waals surface area contributed by atoms with Crippen molar-refractivity contribution in [3.63, 3.8) is 0 Å². The van der Waals surface area contributed by atoms with E-state index in [2.05, 4.69) is 18.4 Å². The minimum Gasteiger partial charge on any atom is -0.376 e. The lowest BCUT2D eigenvalue weighted by Gasteiger charge is -2.18. The Kier molecular flexibility index (Phi) is 7.36. The number of thioether (sulfide) groups is 1. The second-order valence-electron chi connectivity index (χ2n) is 10.0. The second kappa shape index (κ2) is 10.7. The van der Waals surface area contributed by atoms with Crippen LogP contribution < -0.4 is 5.56 Å². The van der Waals surface area contributed by atoms with E-state index in [4.69, 9.17) is 9.72 Å².